The van der Waals surface area contributed by atoms with Gasteiger partial charge in [0.1, 0.15) is 5.75 Å². The van der Waals surface area contributed by atoms with Gasteiger partial charge in [-0.3, -0.25) is 0 Å². The van der Waals surface area contributed by atoms with Gasteiger partial charge in [0, 0.05) is 0 Å². The van der Waals surface area contributed by atoms with Gasteiger partial charge in [-0.1, -0.05) is 12.1 Å². The van der Waals surface area contributed by atoms with Crippen molar-refractivity contribution in [3.8, 4) is 5.75 Å². The smallest absolute Gasteiger partial charge is 0.223 e. The molecule has 18 heavy (non-hydrogen) atoms. The van der Waals surface area contributed by atoms with Crippen LogP contribution in [-0.4, -0.2) is 17.1 Å². The number of nitrogens with one attached hydrogen (secondary N) is 1. The Morgan fingerprint density at radius 3 is 2.33 bits per heavy atom. The van der Waals surface area contributed by atoms with Gasteiger partial charge in [-0.05, 0) is 24.6 Å². The van der Waals surface area contributed by atoms with Gasteiger partial charge in [0.25, 0.3) is 0 Å². The summed E-state index contributed by atoms with van der Waals surface area (Å²) in [6.45, 7) is 1.98. The Hall–Kier alpha value is -2.17. The van der Waals surface area contributed by atoms with Crippen LogP contribution in [0.2, 0.25) is 0 Å². The van der Waals surface area contributed by atoms with E-state index in [1.165, 1.54) is 0 Å². The van der Waals surface area contributed by atoms with Gasteiger partial charge in [-0.2, -0.15) is 0 Å². The van der Waals surface area contributed by atoms with Crippen LogP contribution in [0.25, 0.3) is 0 Å². The molecule has 1 atom stereocenters. The molecule has 1 aromatic carbocycles. The summed E-state index contributed by atoms with van der Waals surface area (Å²) in [7, 11) is 1.63. The highest BCUT2D eigenvalue weighted by Gasteiger charge is 2.07. The Balaban J connectivity index is 2.06. The van der Waals surface area contributed by atoms with E-state index >= 15 is 0 Å². The summed E-state index contributed by atoms with van der Waals surface area (Å²) in [5, 5.41) is 3.09. The fourth-order valence-electron chi connectivity index (χ4n) is 1.56. The van der Waals surface area contributed by atoms with Crippen molar-refractivity contribution < 1.29 is 9.13 Å². The Morgan fingerprint density at radius 2 is 1.78 bits per heavy atom. The van der Waals surface area contributed by atoms with E-state index in [0.29, 0.717) is 5.95 Å². The molecule has 2 rings (SSSR count). The second-order valence-electron chi connectivity index (χ2n) is 3.86. The molecule has 0 aliphatic carbocycles. The first-order chi connectivity index (χ1) is 8.69. The van der Waals surface area contributed by atoms with Crippen LogP contribution in [0.1, 0.15) is 18.5 Å². The summed E-state index contributed by atoms with van der Waals surface area (Å²) in [4.78, 5) is 7.71. The van der Waals surface area contributed by atoms with Crippen molar-refractivity contribution in [2.75, 3.05) is 12.4 Å². The van der Waals surface area contributed by atoms with Crippen LogP contribution in [0.3, 0.4) is 0 Å². The monoisotopic (exact) mass is 247 g/mol. The lowest BCUT2D eigenvalue weighted by molar-refractivity contribution is 0.414. The van der Waals surface area contributed by atoms with Crippen molar-refractivity contribution in [2.24, 2.45) is 0 Å². The van der Waals surface area contributed by atoms with Crippen molar-refractivity contribution in [3.63, 3.8) is 0 Å². The molecule has 1 heterocycles. The van der Waals surface area contributed by atoms with E-state index in [4.69, 9.17) is 4.74 Å². The third-order valence-corrected chi connectivity index (χ3v) is 2.58. The minimum Gasteiger partial charge on any atom is -0.497 e. The summed E-state index contributed by atoms with van der Waals surface area (Å²) < 4.78 is 17.8. The molecular formula is C13H14FN3O. The van der Waals surface area contributed by atoms with Crippen LogP contribution in [-0.2, 0) is 0 Å². The Morgan fingerprint density at radius 1 is 1.17 bits per heavy atom. The molecule has 0 aliphatic heterocycles. The van der Waals surface area contributed by atoms with E-state index in [1.54, 1.807) is 7.11 Å². The number of halogens is 1. The van der Waals surface area contributed by atoms with Crippen molar-refractivity contribution in [1.29, 1.82) is 0 Å². The highest BCUT2D eigenvalue weighted by molar-refractivity contribution is 5.34. The molecule has 4 nitrogen and oxygen atoms in total. The first-order valence-electron chi connectivity index (χ1n) is 5.57. The molecule has 0 radical (unpaired) electrons. The fourth-order valence-corrected chi connectivity index (χ4v) is 1.56. The van der Waals surface area contributed by atoms with Crippen molar-refractivity contribution in [3.05, 3.63) is 48.0 Å². The lowest BCUT2D eigenvalue weighted by Gasteiger charge is -2.14. The molecule has 0 bridgehead atoms. The van der Waals surface area contributed by atoms with Crippen LogP contribution in [0.15, 0.2) is 36.7 Å². The third kappa shape index (κ3) is 2.94. The highest BCUT2D eigenvalue weighted by Crippen LogP contribution is 2.19. The van der Waals surface area contributed by atoms with Gasteiger partial charge in [0.2, 0.25) is 5.95 Å². The minimum absolute atomic E-state index is 0.0290. The largest absolute Gasteiger partial charge is 0.497 e. The summed E-state index contributed by atoms with van der Waals surface area (Å²) in [5.41, 5.74) is 1.07. The Labute approximate surface area is 105 Å². The molecule has 0 saturated carbocycles. The van der Waals surface area contributed by atoms with Crippen molar-refractivity contribution >= 4 is 5.95 Å². The zero-order valence-electron chi connectivity index (χ0n) is 10.2. The van der Waals surface area contributed by atoms with Gasteiger partial charge in [-0.15, -0.1) is 0 Å². The maximum absolute atomic E-state index is 12.7. The van der Waals surface area contributed by atoms with Crippen LogP contribution in [0, 0.1) is 5.82 Å². The predicted molar refractivity (Wildman–Crippen MR) is 67.0 cm³/mol. The first-order valence-corrected chi connectivity index (χ1v) is 5.57. The molecular weight excluding hydrogens is 233 g/mol. The van der Waals surface area contributed by atoms with Gasteiger partial charge in [0.05, 0.1) is 25.5 Å². The number of anilines is 1. The van der Waals surface area contributed by atoms with Crippen molar-refractivity contribution in [2.45, 2.75) is 13.0 Å². The molecule has 0 fully saturated rings. The van der Waals surface area contributed by atoms with E-state index in [-0.39, 0.29) is 6.04 Å². The fraction of sp³-hybridized carbons (Fsp3) is 0.231. The topological polar surface area (TPSA) is 47.0 Å². The number of hydrogen-bond donors (Lipinski definition) is 1. The lowest BCUT2D eigenvalue weighted by atomic mass is 10.1. The molecule has 1 aromatic heterocycles. The van der Waals surface area contributed by atoms with Crippen molar-refractivity contribution in [1.82, 2.24) is 9.97 Å². The summed E-state index contributed by atoms with van der Waals surface area (Å²) in [6.07, 6.45) is 2.27. The maximum atomic E-state index is 12.7. The maximum Gasteiger partial charge on any atom is 0.223 e. The van der Waals surface area contributed by atoms with Gasteiger partial charge in [-0.25, -0.2) is 14.4 Å². The third-order valence-electron chi connectivity index (χ3n) is 2.58. The average Bonchev–Trinajstić information content (AvgIpc) is 2.41. The average molecular weight is 247 g/mol. The molecule has 2 aromatic rings. The van der Waals surface area contributed by atoms with E-state index in [2.05, 4.69) is 15.3 Å². The van der Waals surface area contributed by atoms with Crippen LogP contribution in [0.4, 0.5) is 10.3 Å². The highest BCUT2D eigenvalue weighted by atomic mass is 19.1. The molecule has 94 valence electrons. The molecule has 5 heteroatoms. The second-order valence-corrected chi connectivity index (χ2v) is 3.86. The lowest BCUT2D eigenvalue weighted by Crippen LogP contribution is -2.09. The van der Waals surface area contributed by atoms with E-state index in [1.807, 2.05) is 31.2 Å². The molecule has 0 saturated heterocycles. The molecule has 0 amide bonds. The number of rotatable bonds is 4. The number of aromatic nitrogens is 2. The summed E-state index contributed by atoms with van der Waals surface area (Å²) >= 11 is 0. The van der Waals surface area contributed by atoms with Gasteiger partial charge >= 0.3 is 0 Å². The summed E-state index contributed by atoms with van der Waals surface area (Å²) in [6, 6.07) is 7.72. The number of nitrogens with zero attached hydrogens (tertiary/aromatic N) is 2. The Kier molecular flexibility index (Phi) is 3.72. The standard InChI is InChI=1S/C13H14FN3O/c1-9(10-3-5-12(18-2)6-4-10)17-13-15-7-11(14)8-16-13/h3-9H,1-2H3,(H,15,16,17). The van der Waals surface area contributed by atoms with Gasteiger partial charge < -0.3 is 10.1 Å². The first kappa shape index (κ1) is 12.3. The predicted octanol–water partition coefficient (Wildman–Crippen LogP) is 2.80. The molecule has 0 spiro atoms. The zero-order valence-corrected chi connectivity index (χ0v) is 10.2. The summed E-state index contributed by atoms with van der Waals surface area (Å²) in [5.74, 6) is 0.765. The SMILES string of the molecule is COc1ccc(C(C)Nc2ncc(F)cn2)cc1. The van der Waals surface area contributed by atoms with E-state index in [0.717, 1.165) is 23.7 Å². The number of ether oxygens (including phenoxy) is 1. The Bertz CT molecular complexity index is 499. The second kappa shape index (κ2) is 5.44. The van der Waals surface area contributed by atoms with E-state index < -0.39 is 5.82 Å². The molecule has 1 unspecified atom stereocenters. The van der Waals surface area contributed by atoms with Gasteiger partial charge in [0.15, 0.2) is 5.82 Å². The number of hydrogen-bond acceptors (Lipinski definition) is 4. The number of benzene rings is 1. The van der Waals surface area contributed by atoms with Crippen LogP contribution >= 0.6 is 0 Å². The molecule has 1 N–H and O–H groups in total. The zero-order chi connectivity index (χ0) is 13.0. The minimum atomic E-state index is -0.447. The number of methoxy groups -OCH3 is 1. The van der Waals surface area contributed by atoms with E-state index in [9.17, 15) is 4.39 Å². The van der Waals surface area contributed by atoms with Crippen LogP contribution in [0.5, 0.6) is 5.75 Å². The normalized spacial score (nSPS) is 11.9. The molecule has 0 aliphatic rings. The van der Waals surface area contributed by atoms with Crippen LogP contribution < -0.4 is 10.1 Å². The quantitative estimate of drug-likeness (QED) is 0.902.